The van der Waals surface area contributed by atoms with E-state index in [0.717, 1.165) is 60.1 Å². The van der Waals surface area contributed by atoms with Gasteiger partial charge in [-0.3, -0.25) is 43.2 Å². The van der Waals surface area contributed by atoms with Crippen molar-refractivity contribution in [1.82, 2.24) is 5.32 Å². The standard InChI is InChI=1S/C46H54N2O20S/c1-12-13-14-15-20-69-25-46(10,11)48(58)22-35-18-16-34(17-19-35)21-47-44(57)42(65-32(8)55)40(63-30(6)53)39(36(61-28(4)51)23-59-26(2)49)68-45-43(66-33(9)56)41(64-31(7)54)38(62-29(5)52)37(67-45)24-60-27(3)50/h1,16-19,22,36-43,45H,21,23-25H2,2-11H3,(H,47,57)/b48-22-/t36?,37?,38-,39+,40-,41+,42?,43?,45-/m0/s1. The average Bonchev–Trinajstić information content (AvgIpc) is 3.24. The molecule has 22 nitrogen and oxygen atoms in total. The molecule has 0 radical (unpaired) electrons. The van der Waals surface area contributed by atoms with Gasteiger partial charge in [0, 0.05) is 81.3 Å². The van der Waals surface area contributed by atoms with Crippen molar-refractivity contribution in [1.29, 1.82) is 0 Å². The highest BCUT2D eigenvalue weighted by molar-refractivity contribution is 8.03. The van der Waals surface area contributed by atoms with E-state index in [4.69, 9.17) is 53.8 Å². The van der Waals surface area contributed by atoms with Gasteiger partial charge in [-0.2, -0.15) is 0 Å². The Kier molecular flexibility index (Phi) is 23.8. The van der Waals surface area contributed by atoms with Crippen molar-refractivity contribution in [2.24, 2.45) is 0 Å². The number of ether oxygens (including phenoxy) is 10. The molecule has 0 aromatic heterocycles. The van der Waals surface area contributed by atoms with Gasteiger partial charge in [-0.1, -0.05) is 23.9 Å². The van der Waals surface area contributed by atoms with Crippen LogP contribution in [-0.2, 0) is 97.1 Å². The van der Waals surface area contributed by atoms with Crippen molar-refractivity contribution < 1.29 is 95.3 Å². The molecule has 4 unspecified atom stereocenters. The fourth-order valence-corrected chi connectivity index (χ4v) is 6.78. The molecular weight excluding hydrogens is 933 g/mol. The first kappa shape index (κ1) is 58.0. The van der Waals surface area contributed by atoms with E-state index in [1.807, 2.05) is 0 Å². The third kappa shape index (κ3) is 20.7. The zero-order chi connectivity index (χ0) is 52.0. The summed E-state index contributed by atoms with van der Waals surface area (Å²) in [6.07, 6.45) is -11.0. The van der Waals surface area contributed by atoms with Gasteiger partial charge in [-0.15, -0.1) is 6.42 Å². The maximum Gasteiger partial charge on any atom is 0.303 e. The van der Waals surface area contributed by atoms with Gasteiger partial charge in [0.25, 0.3) is 5.91 Å². The second-order valence-corrected chi connectivity index (χ2v) is 16.1. The van der Waals surface area contributed by atoms with E-state index >= 15 is 0 Å². The van der Waals surface area contributed by atoms with Crippen LogP contribution in [0.5, 0.6) is 0 Å². The number of nitrogens with one attached hydrogen (secondary N) is 1. The summed E-state index contributed by atoms with van der Waals surface area (Å²) in [5.74, 6) is 0.743. The minimum absolute atomic E-state index is 0.264. The Morgan fingerprint density at radius 1 is 0.739 bits per heavy atom. The van der Waals surface area contributed by atoms with Crippen LogP contribution in [0.15, 0.2) is 24.3 Å². The molecule has 1 N–H and O–H groups in total. The van der Waals surface area contributed by atoms with Crippen LogP contribution in [0.25, 0.3) is 0 Å². The first-order valence-electron chi connectivity index (χ1n) is 20.7. The van der Waals surface area contributed by atoms with Crippen molar-refractivity contribution >= 4 is 71.6 Å². The minimum atomic E-state index is -2.19. The third-order valence-electron chi connectivity index (χ3n) is 8.90. The Hall–Kier alpha value is -7.13. The molecule has 1 aliphatic heterocycles. The number of hydrogen-bond donors (Lipinski definition) is 1. The van der Waals surface area contributed by atoms with Gasteiger partial charge in [-0.05, 0) is 46.6 Å². The van der Waals surface area contributed by atoms with Crippen LogP contribution < -0.4 is 5.32 Å². The summed E-state index contributed by atoms with van der Waals surface area (Å²) in [5, 5.41) is 18.4. The second kappa shape index (κ2) is 28.3. The molecule has 9 atom stereocenters. The smallest absolute Gasteiger partial charge is 0.303 e. The van der Waals surface area contributed by atoms with E-state index in [1.54, 1.807) is 38.1 Å². The molecule has 69 heavy (non-hydrogen) atoms. The van der Waals surface area contributed by atoms with Gasteiger partial charge in [0.05, 0.1) is 5.75 Å². The number of carbonyl (C=O) groups excluding carboxylic acids is 9. The predicted octanol–water partition coefficient (Wildman–Crippen LogP) is 1.17. The summed E-state index contributed by atoms with van der Waals surface area (Å²) in [7, 11) is 0. The van der Waals surface area contributed by atoms with Gasteiger partial charge in [0.15, 0.2) is 48.6 Å². The Morgan fingerprint density at radius 2 is 1.30 bits per heavy atom. The normalized spacial score (nSPS) is 19.2. The second-order valence-electron chi connectivity index (χ2n) is 15.4. The number of nitrogens with zero attached hydrogens (tertiary/aromatic N) is 1. The Morgan fingerprint density at radius 3 is 1.84 bits per heavy atom. The molecule has 0 spiro atoms. The first-order valence-corrected chi connectivity index (χ1v) is 21.7. The molecule has 1 saturated heterocycles. The number of terminal acetylenes is 1. The summed E-state index contributed by atoms with van der Waals surface area (Å²) < 4.78 is 56.3. The quantitative estimate of drug-likeness (QED) is 0.0324. The van der Waals surface area contributed by atoms with Crippen LogP contribution in [0, 0.1) is 40.6 Å². The van der Waals surface area contributed by atoms with Crippen LogP contribution >= 0.6 is 11.8 Å². The lowest BCUT2D eigenvalue weighted by atomic mass is 9.97. The van der Waals surface area contributed by atoms with Gasteiger partial charge in [-0.25, -0.2) is 4.74 Å². The number of thioether (sulfide) groups is 1. The molecule has 0 saturated carbocycles. The Balaban J connectivity index is 2.73. The van der Waals surface area contributed by atoms with Crippen molar-refractivity contribution in [2.75, 3.05) is 19.0 Å². The molecule has 1 heterocycles. The number of benzene rings is 1. The van der Waals surface area contributed by atoms with E-state index in [1.165, 1.54) is 18.0 Å². The minimum Gasteiger partial charge on any atom is -0.623 e. The summed E-state index contributed by atoms with van der Waals surface area (Å²) in [4.78, 5) is 114. The molecule has 0 bridgehead atoms. The fourth-order valence-electron chi connectivity index (χ4n) is 6.11. The highest BCUT2D eigenvalue weighted by atomic mass is 32.2. The predicted molar refractivity (Wildman–Crippen MR) is 238 cm³/mol. The van der Waals surface area contributed by atoms with E-state index < -0.39 is 128 Å². The Bertz CT molecular complexity index is 2250. The van der Waals surface area contributed by atoms with E-state index in [9.17, 15) is 48.4 Å². The largest absolute Gasteiger partial charge is 0.623 e. The van der Waals surface area contributed by atoms with Crippen LogP contribution in [0.2, 0.25) is 0 Å². The summed E-state index contributed by atoms with van der Waals surface area (Å²) >= 11 is 1.19. The summed E-state index contributed by atoms with van der Waals surface area (Å²) in [6.45, 7) is 9.29. The highest BCUT2D eigenvalue weighted by Gasteiger charge is 2.56. The molecular formula is C46H54N2O20S. The summed E-state index contributed by atoms with van der Waals surface area (Å²) in [6, 6.07) is 6.33. The molecule has 1 aliphatic rings. The number of hydrogen-bond acceptors (Lipinski definition) is 21. The number of carbonyl (C=O) groups is 9. The fraction of sp³-hybridized carbons (Fsp3) is 0.522. The SMILES string of the molecule is C#CC#CC#CSCC(C)(C)/[N+]([O-])=C/c1ccc(CNC(=O)C(OC(C)=O)[C@@H](OC(C)=O)[C@H](O[C@@H]2OC(COC(C)=O)[C@H](OC(C)=O)[C@@H](OC(C)=O)C2OC(C)=O)C(COC(C)=O)OC(C)=O)cc1. The molecule has 1 aromatic carbocycles. The van der Waals surface area contributed by atoms with Crippen molar-refractivity contribution in [3.8, 4) is 35.4 Å². The summed E-state index contributed by atoms with van der Waals surface area (Å²) in [5.41, 5.74) is 0.0548. The number of rotatable bonds is 22. The lowest BCUT2D eigenvalue weighted by Gasteiger charge is -2.46. The van der Waals surface area contributed by atoms with Gasteiger partial charge < -0.3 is 57.9 Å². The van der Waals surface area contributed by atoms with Gasteiger partial charge in [0.1, 0.15) is 25.4 Å². The number of amides is 1. The highest BCUT2D eigenvalue weighted by Crippen LogP contribution is 2.33. The zero-order valence-corrected chi connectivity index (χ0v) is 40.3. The maximum atomic E-state index is 14.2. The molecule has 1 amide bonds. The van der Waals surface area contributed by atoms with Crippen LogP contribution in [0.3, 0.4) is 0 Å². The third-order valence-corrected chi connectivity index (χ3v) is 10.0. The van der Waals surface area contributed by atoms with Crippen LogP contribution in [0.4, 0.5) is 0 Å². The van der Waals surface area contributed by atoms with Crippen molar-refractivity contribution in [3.63, 3.8) is 0 Å². The van der Waals surface area contributed by atoms with E-state index in [2.05, 4.69) is 34.3 Å². The molecule has 374 valence electrons. The van der Waals surface area contributed by atoms with Gasteiger partial charge >= 0.3 is 47.8 Å². The zero-order valence-electron chi connectivity index (χ0n) is 39.5. The van der Waals surface area contributed by atoms with E-state index in [0.29, 0.717) is 16.9 Å². The monoisotopic (exact) mass is 986 g/mol. The molecule has 0 aliphatic carbocycles. The van der Waals surface area contributed by atoms with Crippen LogP contribution in [0.1, 0.15) is 80.4 Å². The number of hydroxylamine groups is 1. The average molecular weight is 987 g/mol. The molecule has 1 fully saturated rings. The lowest BCUT2D eigenvalue weighted by molar-refractivity contribution is -0.528. The molecule has 23 heteroatoms. The Labute approximate surface area is 402 Å². The number of esters is 8. The van der Waals surface area contributed by atoms with E-state index in [-0.39, 0.29) is 6.54 Å². The van der Waals surface area contributed by atoms with Crippen molar-refractivity contribution in [2.45, 2.75) is 136 Å². The van der Waals surface area contributed by atoms with Gasteiger partial charge in [0.2, 0.25) is 6.10 Å². The first-order chi connectivity index (χ1) is 32.3. The van der Waals surface area contributed by atoms with Crippen LogP contribution in [-0.4, -0.2) is 144 Å². The maximum absolute atomic E-state index is 14.2. The van der Waals surface area contributed by atoms with Crippen molar-refractivity contribution in [3.05, 3.63) is 40.6 Å². The topological polar surface area (TPSA) is 284 Å². The molecule has 2 rings (SSSR count). The molecule has 1 aromatic rings. The lowest BCUT2D eigenvalue weighted by Crippen LogP contribution is -2.65.